The molecule has 7 nitrogen and oxygen atoms in total. The third-order valence-corrected chi connectivity index (χ3v) is 6.84. The number of fused-ring (bicyclic) bond motifs is 1. The van der Waals surface area contributed by atoms with Gasteiger partial charge in [0.1, 0.15) is 11.5 Å². The van der Waals surface area contributed by atoms with E-state index in [1.165, 1.54) is 17.3 Å². The molecule has 3 aromatic carbocycles. The van der Waals surface area contributed by atoms with E-state index in [2.05, 4.69) is 16.3 Å². The highest BCUT2D eigenvalue weighted by atomic mass is 32.2. The maximum absolute atomic E-state index is 13.1. The van der Waals surface area contributed by atoms with Crippen LogP contribution in [0.15, 0.2) is 84.0 Å². The van der Waals surface area contributed by atoms with Gasteiger partial charge in [0.15, 0.2) is 17.1 Å². The summed E-state index contributed by atoms with van der Waals surface area (Å²) in [5.74, 6) is 2.46. The van der Waals surface area contributed by atoms with E-state index in [1.54, 1.807) is 7.11 Å². The fourth-order valence-electron chi connectivity index (χ4n) is 4.17. The van der Waals surface area contributed by atoms with Gasteiger partial charge < -0.3 is 14.4 Å². The Hall–Kier alpha value is -3.78. The first-order chi connectivity index (χ1) is 17.1. The Kier molecular flexibility index (Phi) is 6.72. The van der Waals surface area contributed by atoms with E-state index in [4.69, 9.17) is 9.47 Å². The number of aromatic nitrogens is 3. The molecule has 1 aliphatic rings. The largest absolute Gasteiger partial charge is 0.497 e. The minimum Gasteiger partial charge on any atom is -0.497 e. The number of ether oxygens (including phenoxy) is 2. The van der Waals surface area contributed by atoms with Gasteiger partial charge in [0, 0.05) is 17.9 Å². The Morgan fingerprint density at radius 1 is 0.971 bits per heavy atom. The third-order valence-electron chi connectivity index (χ3n) is 5.92. The summed E-state index contributed by atoms with van der Waals surface area (Å²) < 4.78 is 13.3. The second-order valence-corrected chi connectivity index (χ2v) is 9.10. The zero-order valence-corrected chi connectivity index (χ0v) is 20.4. The Morgan fingerprint density at radius 2 is 1.69 bits per heavy atom. The molecule has 0 fully saturated rings. The number of methoxy groups -OCH3 is 1. The lowest BCUT2D eigenvalue weighted by Gasteiger charge is -2.18. The molecule has 1 atom stereocenters. The minimum atomic E-state index is -0.369. The average Bonchev–Trinajstić information content (AvgIpc) is 3.53. The van der Waals surface area contributed by atoms with Crippen molar-refractivity contribution in [3.8, 4) is 17.2 Å². The van der Waals surface area contributed by atoms with Crippen LogP contribution >= 0.6 is 11.8 Å². The number of hydrogen-bond acceptors (Lipinski definition) is 6. The Labute approximate surface area is 208 Å². The molecular weight excluding hydrogens is 460 g/mol. The predicted octanol–water partition coefficient (Wildman–Crippen LogP) is 5.10. The van der Waals surface area contributed by atoms with Gasteiger partial charge >= 0.3 is 0 Å². The Bertz CT molecular complexity index is 1310. The van der Waals surface area contributed by atoms with Gasteiger partial charge in [-0.1, -0.05) is 48.2 Å². The summed E-state index contributed by atoms with van der Waals surface area (Å²) in [6, 6.07) is 25.4. The average molecular weight is 487 g/mol. The molecule has 0 radical (unpaired) electrons. The fraction of sp³-hybridized carbons (Fsp3) is 0.222. The van der Waals surface area contributed by atoms with Crippen LogP contribution in [-0.4, -0.2) is 40.1 Å². The van der Waals surface area contributed by atoms with Crippen molar-refractivity contribution >= 4 is 23.4 Å². The highest BCUT2D eigenvalue weighted by Gasteiger charge is 2.26. The number of nitrogens with zero attached hydrogens (tertiary/aromatic N) is 4. The van der Waals surface area contributed by atoms with Crippen LogP contribution in [0.2, 0.25) is 0 Å². The second-order valence-electron chi connectivity index (χ2n) is 8.16. The second kappa shape index (κ2) is 10.2. The monoisotopic (exact) mass is 486 g/mol. The maximum Gasteiger partial charge on any atom is 0.237 e. The van der Waals surface area contributed by atoms with Gasteiger partial charge in [-0.15, -0.1) is 10.2 Å². The van der Waals surface area contributed by atoms with Crippen molar-refractivity contribution in [3.63, 3.8) is 0 Å². The molecule has 35 heavy (non-hydrogen) atoms. The van der Waals surface area contributed by atoms with Crippen LogP contribution in [0.4, 0.5) is 5.69 Å². The molecule has 1 amide bonds. The lowest BCUT2D eigenvalue weighted by Crippen LogP contribution is -2.30. The number of para-hydroxylation sites is 2. The molecule has 0 bridgehead atoms. The molecule has 1 aliphatic heterocycles. The predicted molar refractivity (Wildman–Crippen MR) is 137 cm³/mol. The minimum absolute atomic E-state index is 0.0617. The molecule has 0 saturated carbocycles. The molecule has 4 aromatic rings. The van der Waals surface area contributed by atoms with Crippen molar-refractivity contribution in [2.45, 2.75) is 24.6 Å². The molecular formula is C27H26N4O3S. The summed E-state index contributed by atoms with van der Waals surface area (Å²) in [5.41, 5.74) is 3.13. The van der Waals surface area contributed by atoms with Crippen LogP contribution in [0.3, 0.4) is 0 Å². The molecule has 2 heterocycles. The molecule has 1 aromatic heterocycles. The quantitative estimate of drug-likeness (QED) is 0.323. The van der Waals surface area contributed by atoms with E-state index in [1.807, 2.05) is 89.2 Å². The topological polar surface area (TPSA) is 69.5 Å². The van der Waals surface area contributed by atoms with E-state index in [9.17, 15) is 4.79 Å². The lowest BCUT2D eigenvalue weighted by atomic mass is 10.2. The van der Waals surface area contributed by atoms with Crippen molar-refractivity contribution in [3.05, 3.63) is 90.3 Å². The van der Waals surface area contributed by atoms with Crippen LogP contribution in [-0.2, 0) is 11.2 Å². The molecule has 1 unspecified atom stereocenters. The number of hydrogen-bond donors (Lipinski definition) is 0. The van der Waals surface area contributed by atoms with E-state index in [0.717, 1.165) is 23.5 Å². The summed E-state index contributed by atoms with van der Waals surface area (Å²) in [4.78, 5) is 14.9. The first kappa shape index (κ1) is 23.0. The first-order valence-electron chi connectivity index (χ1n) is 11.5. The number of carbonyl (C=O) groups is 1. The molecule has 178 valence electrons. The zero-order valence-electron chi connectivity index (χ0n) is 19.6. The molecule has 0 saturated heterocycles. The van der Waals surface area contributed by atoms with Crippen LogP contribution in [0.5, 0.6) is 11.5 Å². The third kappa shape index (κ3) is 4.88. The van der Waals surface area contributed by atoms with E-state index in [-0.39, 0.29) is 17.8 Å². The van der Waals surface area contributed by atoms with Crippen molar-refractivity contribution in [1.29, 1.82) is 0 Å². The smallest absolute Gasteiger partial charge is 0.237 e. The Morgan fingerprint density at radius 3 is 2.46 bits per heavy atom. The van der Waals surface area contributed by atoms with Gasteiger partial charge in [0.05, 0.1) is 12.9 Å². The number of amides is 1. The van der Waals surface area contributed by atoms with Crippen LogP contribution in [0.1, 0.15) is 24.4 Å². The van der Waals surface area contributed by atoms with E-state index < -0.39 is 0 Å². The number of carbonyl (C=O) groups excluding carboxylic acids is 1. The van der Waals surface area contributed by atoms with Gasteiger partial charge in [0.2, 0.25) is 5.91 Å². The van der Waals surface area contributed by atoms with Crippen molar-refractivity contribution in [1.82, 2.24) is 14.8 Å². The van der Waals surface area contributed by atoms with E-state index in [0.29, 0.717) is 23.3 Å². The van der Waals surface area contributed by atoms with Crippen molar-refractivity contribution < 1.29 is 14.3 Å². The SMILES string of the molecule is COc1ccc(OC(C)c2nnc(SCC(=O)N3CCc4ccccc43)n2-c2ccccc2)cc1. The number of anilines is 1. The fourth-order valence-corrected chi connectivity index (χ4v) is 5.01. The Balaban J connectivity index is 1.36. The van der Waals surface area contributed by atoms with Gasteiger partial charge in [-0.3, -0.25) is 9.36 Å². The normalized spacial score (nSPS) is 13.4. The van der Waals surface area contributed by atoms with E-state index >= 15 is 0 Å². The number of benzene rings is 3. The van der Waals surface area contributed by atoms with Crippen LogP contribution < -0.4 is 14.4 Å². The standard InChI is InChI=1S/C27H26N4O3S/c1-19(34-23-14-12-22(33-2)13-15-23)26-28-29-27(31(26)21-9-4-3-5-10-21)35-18-25(32)30-17-16-20-8-6-7-11-24(20)30/h3-15,19H,16-18H2,1-2H3. The van der Waals surface area contributed by atoms with Crippen molar-refractivity contribution in [2.24, 2.45) is 0 Å². The van der Waals surface area contributed by atoms with Gasteiger partial charge in [-0.2, -0.15) is 0 Å². The van der Waals surface area contributed by atoms with Crippen LogP contribution in [0, 0.1) is 0 Å². The van der Waals surface area contributed by atoms with Crippen LogP contribution in [0.25, 0.3) is 5.69 Å². The summed E-state index contributed by atoms with van der Waals surface area (Å²) in [6.07, 6.45) is 0.517. The molecule has 0 aliphatic carbocycles. The van der Waals surface area contributed by atoms with Gasteiger partial charge in [0.25, 0.3) is 0 Å². The van der Waals surface area contributed by atoms with Gasteiger partial charge in [-0.25, -0.2) is 0 Å². The van der Waals surface area contributed by atoms with Crippen molar-refractivity contribution in [2.75, 3.05) is 24.3 Å². The molecule has 8 heteroatoms. The molecule has 5 rings (SSSR count). The zero-order chi connectivity index (χ0) is 24.2. The number of rotatable bonds is 8. The highest BCUT2D eigenvalue weighted by Crippen LogP contribution is 2.31. The summed E-state index contributed by atoms with van der Waals surface area (Å²) in [5, 5.41) is 9.53. The maximum atomic E-state index is 13.1. The summed E-state index contributed by atoms with van der Waals surface area (Å²) in [7, 11) is 1.63. The molecule has 0 N–H and O–H groups in total. The van der Waals surface area contributed by atoms with Gasteiger partial charge in [-0.05, 0) is 61.4 Å². The molecule has 0 spiro atoms. The number of thioether (sulfide) groups is 1. The summed E-state index contributed by atoms with van der Waals surface area (Å²) in [6.45, 7) is 2.65. The first-order valence-corrected chi connectivity index (χ1v) is 12.4. The lowest BCUT2D eigenvalue weighted by molar-refractivity contribution is -0.116. The highest BCUT2D eigenvalue weighted by molar-refractivity contribution is 7.99. The summed E-state index contributed by atoms with van der Waals surface area (Å²) >= 11 is 1.39.